The molecule has 2 amide bonds. The van der Waals surface area contributed by atoms with Crippen LogP contribution in [0.1, 0.15) is 20.7 Å². The third-order valence-corrected chi connectivity index (χ3v) is 3.87. The lowest BCUT2D eigenvalue weighted by atomic mass is 10.1. The van der Waals surface area contributed by atoms with Gasteiger partial charge >= 0.3 is 0 Å². The fourth-order valence-corrected chi connectivity index (χ4v) is 2.66. The molecule has 0 aromatic heterocycles. The second kappa shape index (κ2) is 6.40. The molecule has 3 N–H and O–H groups in total. The maximum absolute atomic E-state index is 13.0. The number of carbonyl (C=O) groups excluding carboxylic acids is 2. The van der Waals surface area contributed by atoms with E-state index in [4.69, 9.17) is 17.3 Å². The Morgan fingerprint density at radius 1 is 1.14 bits per heavy atom. The van der Waals surface area contributed by atoms with Crippen molar-refractivity contribution in [3.63, 3.8) is 0 Å². The number of hydrogen-bond acceptors (Lipinski definition) is 2. The number of nitrogens with two attached hydrogens (primary N) is 1. The normalized spacial score (nSPS) is 10.2. The summed E-state index contributed by atoms with van der Waals surface area (Å²) in [6, 6.07) is 8.23. The summed E-state index contributed by atoms with van der Waals surface area (Å²) in [6.07, 6.45) is 0. The van der Waals surface area contributed by atoms with E-state index in [9.17, 15) is 14.0 Å². The molecule has 0 aliphatic rings. The van der Waals surface area contributed by atoms with Gasteiger partial charge in [-0.05, 0) is 59.0 Å². The molecule has 108 valence electrons. The molecule has 4 nitrogen and oxygen atoms in total. The van der Waals surface area contributed by atoms with Crippen molar-refractivity contribution in [2.75, 3.05) is 5.32 Å². The number of benzene rings is 2. The molecule has 0 fully saturated rings. The van der Waals surface area contributed by atoms with Crippen LogP contribution in [0.2, 0.25) is 5.02 Å². The van der Waals surface area contributed by atoms with Gasteiger partial charge in [0.2, 0.25) is 5.91 Å². The minimum atomic E-state index is -0.647. The summed E-state index contributed by atoms with van der Waals surface area (Å²) in [4.78, 5) is 23.2. The Bertz CT molecular complexity index is 737. The predicted octanol–water partition coefficient (Wildman–Crippen LogP) is 3.43. The minimum absolute atomic E-state index is 0.147. The summed E-state index contributed by atoms with van der Waals surface area (Å²) >= 11 is 7.78. The van der Waals surface area contributed by atoms with Gasteiger partial charge in [-0.25, -0.2) is 4.39 Å². The Labute approximate surface area is 138 Å². The number of anilines is 1. The van der Waals surface area contributed by atoms with Crippen LogP contribution in [-0.2, 0) is 0 Å². The van der Waals surface area contributed by atoms with Crippen LogP contribution < -0.4 is 11.1 Å². The third-order valence-electron chi connectivity index (χ3n) is 2.67. The Kier molecular flexibility index (Phi) is 4.79. The molecular formula is C14H9ClFIN2O2. The number of amides is 2. The smallest absolute Gasteiger partial charge is 0.256 e. The van der Waals surface area contributed by atoms with Crippen molar-refractivity contribution in [1.29, 1.82) is 0 Å². The quantitative estimate of drug-likeness (QED) is 0.750. The van der Waals surface area contributed by atoms with Gasteiger partial charge < -0.3 is 11.1 Å². The van der Waals surface area contributed by atoms with E-state index < -0.39 is 17.6 Å². The highest BCUT2D eigenvalue weighted by atomic mass is 127. The lowest BCUT2D eigenvalue weighted by molar-refractivity contribution is 0.0998. The van der Waals surface area contributed by atoms with E-state index in [0.717, 1.165) is 0 Å². The van der Waals surface area contributed by atoms with Crippen LogP contribution in [0.5, 0.6) is 0 Å². The van der Waals surface area contributed by atoms with Crippen LogP contribution in [0, 0.1) is 9.39 Å². The average Bonchev–Trinajstić information content (AvgIpc) is 2.37. The fourth-order valence-electron chi connectivity index (χ4n) is 1.66. The van der Waals surface area contributed by atoms with E-state index in [1.54, 1.807) is 0 Å². The first-order valence-corrected chi connectivity index (χ1v) is 7.20. The highest BCUT2D eigenvalue weighted by Crippen LogP contribution is 2.22. The minimum Gasteiger partial charge on any atom is -0.366 e. The lowest BCUT2D eigenvalue weighted by Gasteiger charge is -2.08. The van der Waals surface area contributed by atoms with Crippen molar-refractivity contribution >= 4 is 51.7 Å². The SMILES string of the molecule is NC(=O)c1ccc(NC(=O)c2ccc(F)cc2I)cc1Cl. The van der Waals surface area contributed by atoms with Crippen molar-refractivity contribution < 1.29 is 14.0 Å². The van der Waals surface area contributed by atoms with E-state index in [1.165, 1.54) is 36.4 Å². The number of halogens is 3. The summed E-state index contributed by atoms with van der Waals surface area (Å²) in [6.45, 7) is 0. The molecule has 0 saturated carbocycles. The van der Waals surface area contributed by atoms with Gasteiger partial charge in [-0.1, -0.05) is 11.6 Å². The average molecular weight is 419 g/mol. The Morgan fingerprint density at radius 3 is 2.38 bits per heavy atom. The largest absolute Gasteiger partial charge is 0.366 e. The topological polar surface area (TPSA) is 72.2 Å². The Balaban J connectivity index is 2.23. The molecule has 0 aliphatic carbocycles. The molecule has 0 spiro atoms. The van der Waals surface area contributed by atoms with Crippen molar-refractivity contribution in [3.05, 3.63) is 61.9 Å². The highest BCUT2D eigenvalue weighted by molar-refractivity contribution is 14.1. The van der Waals surface area contributed by atoms with Crippen LogP contribution in [0.25, 0.3) is 0 Å². The molecule has 7 heteroatoms. The lowest BCUT2D eigenvalue weighted by Crippen LogP contribution is -2.15. The molecule has 0 radical (unpaired) electrons. The number of rotatable bonds is 3. The van der Waals surface area contributed by atoms with Crippen LogP contribution in [0.15, 0.2) is 36.4 Å². The van der Waals surface area contributed by atoms with Crippen molar-refractivity contribution in [3.8, 4) is 0 Å². The molecule has 0 heterocycles. The maximum atomic E-state index is 13.0. The zero-order valence-corrected chi connectivity index (χ0v) is 13.4. The molecule has 2 aromatic rings. The number of nitrogens with one attached hydrogen (secondary N) is 1. The first-order chi connectivity index (χ1) is 9.88. The summed E-state index contributed by atoms with van der Waals surface area (Å²) < 4.78 is 13.5. The highest BCUT2D eigenvalue weighted by Gasteiger charge is 2.13. The standard InChI is InChI=1S/C14H9ClFIN2O2/c15-11-6-8(2-4-9(11)13(18)20)19-14(21)10-3-1-7(16)5-12(10)17/h1-6H,(H2,18,20)(H,19,21). The third kappa shape index (κ3) is 3.70. The predicted molar refractivity (Wildman–Crippen MR) is 87.0 cm³/mol. The van der Waals surface area contributed by atoms with Gasteiger partial charge in [-0.3, -0.25) is 9.59 Å². The van der Waals surface area contributed by atoms with Gasteiger partial charge in [0.1, 0.15) is 5.82 Å². The second-order valence-corrected chi connectivity index (χ2v) is 5.71. The molecular weight excluding hydrogens is 410 g/mol. The van der Waals surface area contributed by atoms with E-state index >= 15 is 0 Å². The second-order valence-electron chi connectivity index (χ2n) is 4.14. The van der Waals surface area contributed by atoms with Crippen molar-refractivity contribution in [1.82, 2.24) is 0 Å². The molecule has 21 heavy (non-hydrogen) atoms. The molecule has 0 bridgehead atoms. The molecule has 2 aromatic carbocycles. The Morgan fingerprint density at radius 2 is 1.81 bits per heavy atom. The first kappa shape index (κ1) is 15.7. The first-order valence-electron chi connectivity index (χ1n) is 5.74. The van der Waals surface area contributed by atoms with E-state index in [1.807, 2.05) is 22.6 Å². The van der Waals surface area contributed by atoms with Crippen molar-refractivity contribution in [2.45, 2.75) is 0 Å². The van der Waals surface area contributed by atoms with Gasteiger partial charge in [0.15, 0.2) is 0 Å². The molecule has 0 unspecified atom stereocenters. The number of primary amides is 1. The van der Waals surface area contributed by atoms with Crippen LogP contribution in [0.3, 0.4) is 0 Å². The van der Waals surface area contributed by atoms with E-state index in [2.05, 4.69) is 5.32 Å². The maximum Gasteiger partial charge on any atom is 0.256 e. The summed E-state index contributed by atoms with van der Waals surface area (Å²) in [7, 11) is 0. The molecule has 0 aliphatic heterocycles. The van der Waals surface area contributed by atoms with Crippen molar-refractivity contribution in [2.24, 2.45) is 5.73 Å². The summed E-state index contributed by atoms with van der Waals surface area (Å²) in [5.74, 6) is -1.46. The van der Waals surface area contributed by atoms with Gasteiger partial charge in [0, 0.05) is 9.26 Å². The van der Waals surface area contributed by atoms with Gasteiger partial charge in [-0.15, -0.1) is 0 Å². The van der Waals surface area contributed by atoms with Crippen LogP contribution in [-0.4, -0.2) is 11.8 Å². The molecule has 0 saturated heterocycles. The molecule has 0 atom stereocenters. The van der Waals surface area contributed by atoms with Crippen LogP contribution in [0.4, 0.5) is 10.1 Å². The van der Waals surface area contributed by atoms with Gasteiger partial charge in [-0.2, -0.15) is 0 Å². The zero-order chi connectivity index (χ0) is 15.6. The fraction of sp³-hybridized carbons (Fsp3) is 0. The van der Waals surface area contributed by atoms with Gasteiger partial charge in [0.05, 0.1) is 16.1 Å². The zero-order valence-electron chi connectivity index (χ0n) is 10.5. The Hall–Kier alpha value is -1.67. The number of hydrogen-bond donors (Lipinski definition) is 2. The number of carbonyl (C=O) groups is 2. The monoisotopic (exact) mass is 418 g/mol. The summed E-state index contributed by atoms with van der Waals surface area (Å²) in [5, 5.41) is 2.77. The van der Waals surface area contributed by atoms with E-state index in [-0.39, 0.29) is 10.6 Å². The van der Waals surface area contributed by atoms with E-state index in [0.29, 0.717) is 14.8 Å². The van der Waals surface area contributed by atoms with Crippen LogP contribution >= 0.6 is 34.2 Å². The van der Waals surface area contributed by atoms with Gasteiger partial charge in [0.25, 0.3) is 5.91 Å². The summed E-state index contributed by atoms with van der Waals surface area (Å²) in [5.41, 5.74) is 6.07. The molecule has 2 rings (SSSR count).